The highest BCUT2D eigenvalue weighted by molar-refractivity contribution is 6.20. The maximum Gasteiger partial charge on any atom is 0.335 e. The molecule has 1 aromatic carbocycles. The Hall–Kier alpha value is -1.02. The van der Waals surface area contributed by atoms with E-state index in [2.05, 4.69) is 0 Å². The smallest absolute Gasteiger partial charge is 0.335 e. The third-order valence-electron chi connectivity index (χ3n) is 1.72. The highest BCUT2D eigenvalue weighted by Crippen LogP contribution is 2.09. The van der Waals surface area contributed by atoms with Gasteiger partial charge >= 0.3 is 5.97 Å². The van der Waals surface area contributed by atoms with Crippen LogP contribution in [0.3, 0.4) is 0 Å². The molecular formula is C10H11ClO2. The number of benzene rings is 1. The summed E-state index contributed by atoms with van der Waals surface area (Å²) in [6.07, 6.45) is 0.765. The largest absolute Gasteiger partial charge is 0.478 e. The second kappa shape index (κ2) is 4.28. The summed E-state index contributed by atoms with van der Waals surface area (Å²) < 4.78 is 0. The molecule has 1 atom stereocenters. The van der Waals surface area contributed by atoms with Crippen molar-refractivity contribution in [1.82, 2.24) is 0 Å². The van der Waals surface area contributed by atoms with Gasteiger partial charge in [-0.3, -0.25) is 0 Å². The van der Waals surface area contributed by atoms with Gasteiger partial charge in [0.2, 0.25) is 0 Å². The van der Waals surface area contributed by atoms with Gasteiger partial charge < -0.3 is 5.11 Å². The van der Waals surface area contributed by atoms with Crippen molar-refractivity contribution in [3.8, 4) is 0 Å². The molecule has 1 aromatic rings. The second-order valence-electron chi connectivity index (χ2n) is 2.99. The first-order valence-corrected chi connectivity index (χ1v) is 4.49. The fourth-order valence-corrected chi connectivity index (χ4v) is 1.29. The third kappa shape index (κ3) is 3.07. The molecule has 0 radical (unpaired) electrons. The minimum absolute atomic E-state index is 0.0793. The van der Waals surface area contributed by atoms with Crippen LogP contribution in [0.15, 0.2) is 24.3 Å². The van der Waals surface area contributed by atoms with Crippen molar-refractivity contribution in [3.63, 3.8) is 0 Å². The predicted octanol–water partition coefficient (Wildman–Crippen LogP) is 2.55. The standard InChI is InChI=1S/C10H11ClO2/c1-7(11)6-8-2-4-9(5-3-8)10(12)13/h2-5,7H,6H2,1H3,(H,12,13). The SMILES string of the molecule is CC(Cl)Cc1ccc(C(=O)O)cc1. The molecule has 3 heteroatoms. The molecule has 1 unspecified atom stereocenters. The van der Waals surface area contributed by atoms with Gasteiger partial charge in [0.25, 0.3) is 0 Å². The van der Waals surface area contributed by atoms with E-state index in [0.717, 1.165) is 12.0 Å². The molecule has 0 spiro atoms. The molecule has 0 aliphatic rings. The van der Waals surface area contributed by atoms with Gasteiger partial charge in [-0.25, -0.2) is 4.79 Å². The van der Waals surface area contributed by atoms with Crippen LogP contribution in [-0.2, 0) is 6.42 Å². The molecule has 0 saturated heterocycles. The summed E-state index contributed by atoms with van der Waals surface area (Å²) in [4.78, 5) is 10.5. The summed E-state index contributed by atoms with van der Waals surface area (Å²) >= 11 is 5.80. The Balaban J connectivity index is 2.75. The average Bonchev–Trinajstić information content (AvgIpc) is 2.04. The first kappa shape index (κ1) is 10.1. The van der Waals surface area contributed by atoms with Crippen LogP contribution in [0.1, 0.15) is 22.8 Å². The number of hydrogen-bond acceptors (Lipinski definition) is 1. The molecule has 2 nitrogen and oxygen atoms in total. The molecule has 0 fully saturated rings. The maximum atomic E-state index is 10.5. The number of hydrogen-bond donors (Lipinski definition) is 1. The zero-order valence-corrected chi connectivity index (χ0v) is 8.08. The lowest BCUT2D eigenvalue weighted by Gasteiger charge is -2.02. The van der Waals surface area contributed by atoms with Gasteiger partial charge in [0.1, 0.15) is 0 Å². The van der Waals surface area contributed by atoms with Crippen LogP contribution in [0.2, 0.25) is 0 Å². The van der Waals surface area contributed by atoms with Gasteiger partial charge in [-0.05, 0) is 31.0 Å². The van der Waals surface area contributed by atoms with E-state index in [-0.39, 0.29) is 5.38 Å². The Kier molecular flexibility index (Phi) is 3.32. The fraction of sp³-hybridized carbons (Fsp3) is 0.300. The van der Waals surface area contributed by atoms with Crippen LogP contribution >= 0.6 is 11.6 Å². The van der Waals surface area contributed by atoms with Crippen molar-refractivity contribution in [1.29, 1.82) is 0 Å². The van der Waals surface area contributed by atoms with Crippen LogP contribution < -0.4 is 0 Å². The molecule has 0 bridgehead atoms. The minimum atomic E-state index is -0.898. The monoisotopic (exact) mass is 198 g/mol. The molecule has 70 valence electrons. The van der Waals surface area contributed by atoms with E-state index in [1.54, 1.807) is 24.3 Å². The summed E-state index contributed by atoms with van der Waals surface area (Å²) in [6.45, 7) is 1.91. The van der Waals surface area contributed by atoms with Gasteiger partial charge in [0, 0.05) is 5.38 Å². The molecular weight excluding hydrogens is 188 g/mol. The Morgan fingerprint density at radius 2 is 2.00 bits per heavy atom. The van der Waals surface area contributed by atoms with Gasteiger partial charge in [0.05, 0.1) is 5.56 Å². The third-order valence-corrected chi connectivity index (χ3v) is 1.87. The number of aromatic carboxylic acids is 1. The minimum Gasteiger partial charge on any atom is -0.478 e. The molecule has 0 heterocycles. The van der Waals surface area contributed by atoms with Gasteiger partial charge in [-0.1, -0.05) is 12.1 Å². The summed E-state index contributed by atoms with van der Waals surface area (Å²) in [5.41, 5.74) is 1.37. The second-order valence-corrected chi connectivity index (χ2v) is 3.73. The molecule has 1 N–H and O–H groups in total. The van der Waals surface area contributed by atoms with Gasteiger partial charge in [0.15, 0.2) is 0 Å². The van der Waals surface area contributed by atoms with Gasteiger partial charge in [-0.2, -0.15) is 0 Å². The molecule has 1 rings (SSSR count). The van der Waals surface area contributed by atoms with E-state index in [9.17, 15) is 4.79 Å². The lowest BCUT2D eigenvalue weighted by atomic mass is 10.1. The van der Waals surface area contributed by atoms with Gasteiger partial charge in [-0.15, -0.1) is 11.6 Å². The van der Waals surface area contributed by atoms with E-state index < -0.39 is 5.97 Å². The van der Waals surface area contributed by atoms with E-state index in [0.29, 0.717) is 5.56 Å². The molecule has 0 amide bonds. The summed E-state index contributed by atoms with van der Waals surface area (Å²) in [7, 11) is 0. The fourth-order valence-electron chi connectivity index (χ4n) is 1.11. The molecule has 13 heavy (non-hydrogen) atoms. The number of carboxylic acid groups (broad SMARTS) is 1. The first-order chi connectivity index (χ1) is 6.09. The maximum absolute atomic E-state index is 10.5. The first-order valence-electron chi connectivity index (χ1n) is 4.06. The van der Waals surface area contributed by atoms with Crippen LogP contribution in [0.5, 0.6) is 0 Å². The number of rotatable bonds is 3. The van der Waals surface area contributed by atoms with Crippen molar-refractivity contribution >= 4 is 17.6 Å². The lowest BCUT2D eigenvalue weighted by Crippen LogP contribution is -1.99. The molecule has 0 aliphatic heterocycles. The molecule has 0 aromatic heterocycles. The van der Waals surface area contributed by atoms with Crippen molar-refractivity contribution in [2.24, 2.45) is 0 Å². The quantitative estimate of drug-likeness (QED) is 0.758. The molecule has 0 saturated carbocycles. The van der Waals surface area contributed by atoms with Crippen molar-refractivity contribution in [3.05, 3.63) is 35.4 Å². The van der Waals surface area contributed by atoms with Crippen LogP contribution in [-0.4, -0.2) is 16.5 Å². The Bertz CT molecular complexity index is 290. The van der Waals surface area contributed by atoms with Crippen LogP contribution in [0.4, 0.5) is 0 Å². The predicted molar refractivity (Wildman–Crippen MR) is 52.4 cm³/mol. The number of carbonyl (C=O) groups is 1. The summed E-state index contributed by atoms with van der Waals surface area (Å²) in [5.74, 6) is -0.898. The Morgan fingerprint density at radius 3 is 2.38 bits per heavy atom. The lowest BCUT2D eigenvalue weighted by molar-refractivity contribution is 0.0697. The van der Waals surface area contributed by atoms with Crippen molar-refractivity contribution < 1.29 is 9.90 Å². The number of halogens is 1. The zero-order chi connectivity index (χ0) is 9.84. The van der Waals surface area contributed by atoms with Crippen molar-refractivity contribution in [2.45, 2.75) is 18.7 Å². The van der Waals surface area contributed by atoms with Crippen molar-refractivity contribution in [2.75, 3.05) is 0 Å². The zero-order valence-electron chi connectivity index (χ0n) is 7.33. The van der Waals surface area contributed by atoms with E-state index in [1.165, 1.54) is 0 Å². The van der Waals surface area contributed by atoms with Crippen LogP contribution in [0, 0.1) is 0 Å². The van der Waals surface area contributed by atoms with E-state index >= 15 is 0 Å². The summed E-state index contributed by atoms with van der Waals surface area (Å²) in [5, 5.41) is 8.71. The Labute approximate surface area is 82.2 Å². The number of carboxylic acids is 1. The normalized spacial score (nSPS) is 12.5. The molecule has 0 aliphatic carbocycles. The van der Waals surface area contributed by atoms with Crippen LogP contribution in [0.25, 0.3) is 0 Å². The average molecular weight is 199 g/mol. The summed E-state index contributed by atoms with van der Waals surface area (Å²) in [6, 6.07) is 6.78. The Morgan fingerprint density at radius 1 is 1.46 bits per heavy atom. The highest BCUT2D eigenvalue weighted by atomic mass is 35.5. The highest BCUT2D eigenvalue weighted by Gasteiger charge is 2.03. The van der Waals surface area contributed by atoms with E-state index in [1.807, 2.05) is 6.92 Å². The topological polar surface area (TPSA) is 37.3 Å². The number of alkyl halides is 1. The van der Waals surface area contributed by atoms with E-state index in [4.69, 9.17) is 16.7 Å².